The van der Waals surface area contributed by atoms with Crippen molar-refractivity contribution in [3.8, 4) is 5.75 Å². The number of carbonyl (C=O) groups excluding carboxylic acids is 1. The van der Waals surface area contributed by atoms with Crippen LogP contribution in [0, 0.1) is 5.82 Å². The Morgan fingerprint density at radius 1 is 1.23 bits per heavy atom. The molecular weight excluding hydrogens is 401 g/mol. The Morgan fingerprint density at radius 3 is 2.61 bits per heavy atom. The Bertz CT molecular complexity index is 1190. The molecule has 0 atom stereocenters. The van der Waals surface area contributed by atoms with Crippen LogP contribution in [-0.4, -0.2) is 48.2 Å². The first kappa shape index (κ1) is 22.4. The van der Waals surface area contributed by atoms with E-state index in [0.717, 1.165) is 16.7 Å². The highest BCUT2D eigenvalue weighted by molar-refractivity contribution is 5.98. The zero-order valence-electron chi connectivity index (χ0n) is 18.4. The first-order chi connectivity index (χ1) is 14.8. The zero-order valence-corrected chi connectivity index (χ0v) is 18.4. The van der Waals surface area contributed by atoms with Gasteiger partial charge in [-0.05, 0) is 62.3 Å². The van der Waals surface area contributed by atoms with Crippen LogP contribution in [0.5, 0.6) is 5.75 Å². The second-order valence-corrected chi connectivity index (χ2v) is 7.53. The van der Waals surface area contributed by atoms with Gasteiger partial charge in [-0.2, -0.15) is 0 Å². The lowest BCUT2D eigenvalue weighted by Crippen LogP contribution is -2.27. The van der Waals surface area contributed by atoms with Crippen molar-refractivity contribution in [1.82, 2.24) is 14.5 Å². The number of aryl methyl sites for hydroxylation is 1. The van der Waals surface area contributed by atoms with Gasteiger partial charge in [0.25, 0.3) is 5.56 Å². The van der Waals surface area contributed by atoms with Gasteiger partial charge in [-0.1, -0.05) is 6.07 Å². The van der Waals surface area contributed by atoms with E-state index in [0.29, 0.717) is 24.0 Å². The molecule has 2 heterocycles. The molecule has 0 spiro atoms. The quantitative estimate of drug-likeness (QED) is 0.540. The molecule has 0 aliphatic heterocycles. The van der Waals surface area contributed by atoms with E-state index in [-0.39, 0.29) is 23.7 Å². The Morgan fingerprint density at radius 2 is 1.97 bits per heavy atom. The van der Waals surface area contributed by atoms with Gasteiger partial charge in [0.1, 0.15) is 11.3 Å². The topological polar surface area (TPSA) is 73.7 Å². The standard InChI is InChI=1S/C23H26FN3O4/c1-6-31-23(29)19-21(30-5)20-18(27(4)22(19)28)10-14(12-25-20)9-15-7-8-17(24)11-16(15)13-26(2)3/h7-8,10-12H,6,9,13H2,1-5H3. The molecule has 0 aliphatic carbocycles. The van der Waals surface area contributed by atoms with E-state index in [2.05, 4.69) is 4.98 Å². The Balaban J connectivity index is 2.11. The molecule has 8 heteroatoms. The van der Waals surface area contributed by atoms with Crippen molar-refractivity contribution in [1.29, 1.82) is 0 Å². The third-order valence-corrected chi connectivity index (χ3v) is 4.98. The number of aromatic nitrogens is 2. The van der Waals surface area contributed by atoms with Crippen LogP contribution in [0.3, 0.4) is 0 Å². The molecule has 164 valence electrons. The number of benzene rings is 1. The molecule has 0 unspecified atom stereocenters. The van der Waals surface area contributed by atoms with Crippen LogP contribution < -0.4 is 10.3 Å². The molecule has 3 aromatic rings. The monoisotopic (exact) mass is 427 g/mol. The van der Waals surface area contributed by atoms with Crippen LogP contribution in [0.4, 0.5) is 4.39 Å². The summed E-state index contributed by atoms with van der Waals surface area (Å²) in [5, 5.41) is 0. The molecule has 7 nitrogen and oxygen atoms in total. The van der Waals surface area contributed by atoms with E-state index in [4.69, 9.17) is 9.47 Å². The molecule has 0 N–H and O–H groups in total. The van der Waals surface area contributed by atoms with Gasteiger partial charge in [-0.25, -0.2) is 9.18 Å². The fourth-order valence-electron chi connectivity index (χ4n) is 3.57. The van der Waals surface area contributed by atoms with Crippen molar-refractivity contribution < 1.29 is 18.7 Å². The van der Waals surface area contributed by atoms with Crippen LogP contribution in [0.15, 0.2) is 35.3 Å². The van der Waals surface area contributed by atoms with E-state index in [1.165, 1.54) is 23.8 Å². The minimum absolute atomic E-state index is 0.0955. The normalized spacial score (nSPS) is 11.2. The van der Waals surface area contributed by atoms with Gasteiger partial charge in [0.15, 0.2) is 11.3 Å². The summed E-state index contributed by atoms with van der Waals surface area (Å²) < 4.78 is 25.5. The number of ether oxygens (including phenoxy) is 2. The van der Waals surface area contributed by atoms with Crippen molar-refractivity contribution in [3.05, 3.63) is 68.9 Å². The molecule has 0 saturated carbocycles. The molecule has 0 saturated heterocycles. The van der Waals surface area contributed by atoms with E-state index in [1.807, 2.05) is 25.1 Å². The van der Waals surface area contributed by atoms with Gasteiger partial charge in [0.2, 0.25) is 0 Å². The van der Waals surface area contributed by atoms with Crippen LogP contribution in [0.25, 0.3) is 11.0 Å². The highest BCUT2D eigenvalue weighted by Gasteiger charge is 2.24. The van der Waals surface area contributed by atoms with E-state index >= 15 is 0 Å². The maximum atomic E-state index is 13.8. The van der Waals surface area contributed by atoms with Crippen LogP contribution in [0.2, 0.25) is 0 Å². The van der Waals surface area contributed by atoms with Crippen LogP contribution in [-0.2, 0) is 24.8 Å². The fourth-order valence-corrected chi connectivity index (χ4v) is 3.57. The van der Waals surface area contributed by atoms with E-state index in [1.54, 1.807) is 26.2 Å². The molecule has 0 fully saturated rings. The molecule has 0 radical (unpaired) electrons. The average molecular weight is 427 g/mol. The van der Waals surface area contributed by atoms with Gasteiger partial charge in [-0.15, -0.1) is 0 Å². The summed E-state index contributed by atoms with van der Waals surface area (Å²) in [6, 6.07) is 6.58. The molecule has 3 rings (SSSR count). The largest absolute Gasteiger partial charge is 0.493 e. The Labute approximate surface area is 180 Å². The first-order valence-corrected chi connectivity index (χ1v) is 9.91. The number of esters is 1. The van der Waals surface area contributed by atoms with E-state index < -0.39 is 11.5 Å². The van der Waals surface area contributed by atoms with Gasteiger partial charge in [0.05, 0.1) is 19.2 Å². The lowest BCUT2D eigenvalue weighted by atomic mass is 9.99. The summed E-state index contributed by atoms with van der Waals surface area (Å²) in [5.74, 6) is -0.929. The van der Waals surface area contributed by atoms with Crippen molar-refractivity contribution in [2.45, 2.75) is 19.9 Å². The number of hydrogen-bond acceptors (Lipinski definition) is 6. The third kappa shape index (κ3) is 4.59. The Hall–Kier alpha value is -3.26. The summed E-state index contributed by atoms with van der Waals surface area (Å²) in [7, 11) is 6.82. The average Bonchev–Trinajstić information content (AvgIpc) is 2.72. The van der Waals surface area contributed by atoms with E-state index in [9.17, 15) is 14.0 Å². The molecule has 31 heavy (non-hydrogen) atoms. The second-order valence-electron chi connectivity index (χ2n) is 7.53. The van der Waals surface area contributed by atoms with Gasteiger partial charge < -0.3 is 18.9 Å². The lowest BCUT2D eigenvalue weighted by Gasteiger charge is -2.16. The molecular formula is C23H26FN3O4. The van der Waals surface area contributed by atoms with Gasteiger partial charge in [0, 0.05) is 19.8 Å². The van der Waals surface area contributed by atoms with Crippen molar-refractivity contribution in [3.63, 3.8) is 0 Å². The maximum absolute atomic E-state index is 13.8. The Kier molecular flexibility index (Phi) is 6.70. The van der Waals surface area contributed by atoms with Crippen molar-refractivity contribution in [2.75, 3.05) is 27.8 Å². The van der Waals surface area contributed by atoms with Gasteiger partial charge >= 0.3 is 5.97 Å². The number of carbonyl (C=O) groups is 1. The van der Waals surface area contributed by atoms with Gasteiger partial charge in [-0.3, -0.25) is 9.78 Å². The fraction of sp³-hybridized carbons (Fsp3) is 0.348. The number of nitrogens with zero attached hydrogens (tertiary/aromatic N) is 3. The first-order valence-electron chi connectivity index (χ1n) is 9.91. The summed E-state index contributed by atoms with van der Waals surface area (Å²) in [4.78, 5) is 31.7. The van der Waals surface area contributed by atoms with Crippen molar-refractivity contribution in [2.24, 2.45) is 7.05 Å². The number of fused-ring (bicyclic) bond motifs is 1. The molecule has 0 amide bonds. The third-order valence-electron chi connectivity index (χ3n) is 4.98. The molecule has 0 bridgehead atoms. The second kappa shape index (κ2) is 9.26. The highest BCUT2D eigenvalue weighted by atomic mass is 19.1. The summed E-state index contributed by atoms with van der Waals surface area (Å²) in [5.41, 5.74) is 2.93. The summed E-state index contributed by atoms with van der Waals surface area (Å²) in [6.07, 6.45) is 2.19. The number of hydrogen-bond donors (Lipinski definition) is 0. The predicted molar refractivity (Wildman–Crippen MR) is 116 cm³/mol. The number of rotatable bonds is 7. The summed E-state index contributed by atoms with van der Waals surface area (Å²) >= 11 is 0. The predicted octanol–water partition coefficient (Wildman–Crippen LogP) is 2.91. The molecule has 1 aromatic carbocycles. The smallest absolute Gasteiger partial charge is 0.347 e. The number of methoxy groups -OCH3 is 1. The van der Waals surface area contributed by atoms with Crippen LogP contribution in [0.1, 0.15) is 34.0 Å². The number of pyridine rings is 2. The molecule has 2 aromatic heterocycles. The zero-order chi connectivity index (χ0) is 22.7. The molecule has 0 aliphatic rings. The SMILES string of the molecule is CCOC(=O)c1c(OC)c2ncc(Cc3ccc(F)cc3CN(C)C)cc2n(C)c1=O. The highest BCUT2D eigenvalue weighted by Crippen LogP contribution is 2.27. The minimum atomic E-state index is -0.743. The number of halogens is 1. The lowest BCUT2D eigenvalue weighted by molar-refractivity contribution is 0.0520. The minimum Gasteiger partial charge on any atom is -0.493 e. The van der Waals surface area contributed by atoms with Crippen LogP contribution >= 0.6 is 0 Å². The summed E-state index contributed by atoms with van der Waals surface area (Å²) in [6.45, 7) is 2.41. The van der Waals surface area contributed by atoms with Crippen molar-refractivity contribution >= 4 is 17.0 Å². The maximum Gasteiger partial charge on any atom is 0.347 e.